The molecule has 0 saturated heterocycles. The van der Waals surface area contributed by atoms with Crippen molar-refractivity contribution >= 4 is 23.4 Å². The Balaban J connectivity index is 1.37. The minimum atomic E-state index is -0.174. The SMILES string of the molecule is Cc1cc(Oc2ncccn2)ccc1NC(=O)c1ccc(CSc2ncn[nH]2)cc1. The minimum absolute atomic E-state index is 0.174. The van der Waals surface area contributed by atoms with Gasteiger partial charge in [0.15, 0.2) is 5.16 Å². The predicted octanol–water partition coefficient (Wildman–Crippen LogP) is 4.24. The summed E-state index contributed by atoms with van der Waals surface area (Å²) in [6, 6.07) is 14.9. The van der Waals surface area contributed by atoms with E-state index < -0.39 is 0 Å². The summed E-state index contributed by atoms with van der Waals surface area (Å²) in [6.07, 6.45) is 4.70. The summed E-state index contributed by atoms with van der Waals surface area (Å²) < 4.78 is 5.62. The quantitative estimate of drug-likeness (QED) is 0.432. The van der Waals surface area contributed by atoms with Crippen LogP contribution in [0.15, 0.2) is 72.4 Å². The van der Waals surface area contributed by atoms with E-state index in [1.807, 2.05) is 37.3 Å². The van der Waals surface area contributed by atoms with Crippen LogP contribution in [-0.2, 0) is 5.75 Å². The first-order valence-corrected chi connectivity index (χ1v) is 10.1. The van der Waals surface area contributed by atoms with Gasteiger partial charge in [0, 0.05) is 29.4 Å². The number of aromatic nitrogens is 5. The Kier molecular flexibility index (Phi) is 6.00. The van der Waals surface area contributed by atoms with Gasteiger partial charge in [-0.15, -0.1) is 0 Å². The van der Waals surface area contributed by atoms with Gasteiger partial charge < -0.3 is 10.1 Å². The average Bonchev–Trinajstić information content (AvgIpc) is 3.29. The highest BCUT2D eigenvalue weighted by Crippen LogP contribution is 2.25. The number of anilines is 1. The van der Waals surface area contributed by atoms with Crippen molar-refractivity contribution in [2.24, 2.45) is 0 Å². The zero-order valence-electron chi connectivity index (χ0n) is 16.1. The number of carbonyl (C=O) groups is 1. The Bertz CT molecular complexity index is 1120. The third-order valence-electron chi connectivity index (χ3n) is 4.18. The largest absolute Gasteiger partial charge is 0.424 e. The summed E-state index contributed by atoms with van der Waals surface area (Å²) in [5.74, 6) is 1.17. The van der Waals surface area contributed by atoms with Gasteiger partial charge in [-0.25, -0.2) is 15.0 Å². The number of rotatable bonds is 7. The van der Waals surface area contributed by atoms with Crippen LogP contribution in [0.5, 0.6) is 11.8 Å². The number of thioether (sulfide) groups is 1. The number of aryl methyl sites for hydroxylation is 1. The maximum Gasteiger partial charge on any atom is 0.321 e. The fraction of sp³-hybridized carbons (Fsp3) is 0.0952. The highest BCUT2D eigenvalue weighted by molar-refractivity contribution is 7.98. The molecule has 0 saturated carbocycles. The average molecular weight is 418 g/mol. The fourth-order valence-electron chi connectivity index (χ4n) is 2.65. The van der Waals surface area contributed by atoms with E-state index in [4.69, 9.17) is 4.74 Å². The Morgan fingerprint density at radius 2 is 1.90 bits per heavy atom. The number of aromatic amines is 1. The number of carbonyl (C=O) groups excluding carboxylic acids is 1. The molecule has 4 rings (SSSR count). The van der Waals surface area contributed by atoms with Gasteiger partial charge in [0.25, 0.3) is 5.91 Å². The van der Waals surface area contributed by atoms with Crippen LogP contribution in [0, 0.1) is 6.92 Å². The van der Waals surface area contributed by atoms with Crippen LogP contribution in [0.3, 0.4) is 0 Å². The molecule has 0 aliphatic heterocycles. The summed E-state index contributed by atoms with van der Waals surface area (Å²) in [5.41, 5.74) is 3.26. The second-order valence-electron chi connectivity index (χ2n) is 6.34. The van der Waals surface area contributed by atoms with Gasteiger partial charge in [0.05, 0.1) is 0 Å². The molecule has 2 N–H and O–H groups in total. The number of hydrogen-bond acceptors (Lipinski definition) is 7. The van der Waals surface area contributed by atoms with E-state index in [2.05, 4.69) is 30.5 Å². The Labute approximate surface area is 177 Å². The van der Waals surface area contributed by atoms with Crippen LogP contribution >= 0.6 is 11.8 Å². The number of nitrogens with zero attached hydrogens (tertiary/aromatic N) is 4. The Morgan fingerprint density at radius 3 is 2.60 bits per heavy atom. The molecular formula is C21H18N6O2S. The Morgan fingerprint density at radius 1 is 1.10 bits per heavy atom. The highest BCUT2D eigenvalue weighted by Gasteiger charge is 2.10. The fourth-order valence-corrected chi connectivity index (χ4v) is 3.38. The summed E-state index contributed by atoms with van der Waals surface area (Å²) in [5, 5.41) is 10.3. The standard InChI is InChI=1S/C21H18N6O2S/c1-14-11-17(29-20-22-9-2-10-23-20)7-8-18(14)26-19(28)16-5-3-15(4-6-16)12-30-21-24-13-25-27-21/h2-11,13H,12H2,1H3,(H,26,28)(H,24,25,27). The van der Waals surface area contributed by atoms with Crippen molar-refractivity contribution in [3.8, 4) is 11.8 Å². The zero-order chi connectivity index (χ0) is 20.8. The molecule has 0 fully saturated rings. The van der Waals surface area contributed by atoms with Crippen molar-refractivity contribution in [2.45, 2.75) is 17.8 Å². The number of ether oxygens (including phenoxy) is 1. The van der Waals surface area contributed by atoms with Crippen LogP contribution in [0.1, 0.15) is 21.5 Å². The lowest BCUT2D eigenvalue weighted by Crippen LogP contribution is -2.12. The number of H-pyrrole nitrogens is 1. The van der Waals surface area contributed by atoms with E-state index in [9.17, 15) is 4.79 Å². The molecule has 0 unspecified atom stereocenters. The van der Waals surface area contributed by atoms with Crippen molar-refractivity contribution in [2.75, 3.05) is 5.32 Å². The van der Waals surface area contributed by atoms with Crippen molar-refractivity contribution < 1.29 is 9.53 Å². The molecule has 0 spiro atoms. The first-order chi connectivity index (χ1) is 14.7. The summed E-state index contributed by atoms with van der Waals surface area (Å²) in [6.45, 7) is 1.90. The van der Waals surface area contributed by atoms with E-state index in [1.54, 1.807) is 42.4 Å². The molecule has 30 heavy (non-hydrogen) atoms. The molecule has 8 nitrogen and oxygen atoms in total. The maximum atomic E-state index is 12.6. The number of nitrogens with one attached hydrogen (secondary N) is 2. The van der Waals surface area contributed by atoms with Crippen molar-refractivity contribution in [3.05, 3.63) is 83.9 Å². The van der Waals surface area contributed by atoms with Gasteiger partial charge in [0.1, 0.15) is 12.1 Å². The van der Waals surface area contributed by atoms with Crippen molar-refractivity contribution in [1.29, 1.82) is 0 Å². The van der Waals surface area contributed by atoms with Gasteiger partial charge in [-0.2, -0.15) is 5.10 Å². The molecular weight excluding hydrogens is 400 g/mol. The highest BCUT2D eigenvalue weighted by atomic mass is 32.2. The lowest BCUT2D eigenvalue weighted by molar-refractivity contribution is 0.102. The van der Waals surface area contributed by atoms with Crippen LogP contribution in [0.25, 0.3) is 0 Å². The molecule has 4 aromatic rings. The molecule has 150 valence electrons. The molecule has 2 heterocycles. The third-order valence-corrected chi connectivity index (χ3v) is 5.13. The number of hydrogen-bond donors (Lipinski definition) is 2. The van der Waals surface area contributed by atoms with Gasteiger partial charge in [0.2, 0.25) is 0 Å². The third kappa shape index (κ3) is 5.00. The molecule has 0 bridgehead atoms. The topological polar surface area (TPSA) is 106 Å². The molecule has 0 radical (unpaired) electrons. The molecule has 1 amide bonds. The van der Waals surface area contributed by atoms with E-state index >= 15 is 0 Å². The molecule has 0 aliphatic rings. The maximum absolute atomic E-state index is 12.6. The number of amides is 1. The molecule has 0 atom stereocenters. The first kappa shape index (κ1) is 19.6. The molecule has 2 aromatic carbocycles. The predicted molar refractivity (Wildman–Crippen MR) is 114 cm³/mol. The summed E-state index contributed by atoms with van der Waals surface area (Å²) >= 11 is 1.55. The first-order valence-electron chi connectivity index (χ1n) is 9.11. The monoisotopic (exact) mass is 418 g/mol. The molecule has 2 aromatic heterocycles. The van der Waals surface area contributed by atoms with Crippen molar-refractivity contribution in [3.63, 3.8) is 0 Å². The lowest BCUT2D eigenvalue weighted by atomic mass is 10.1. The zero-order valence-corrected chi connectivity index (χ0v) is 16.9. The molecule has 9 heteroatoms. The summed E-state index contributed by atoms with van der Waals surface area (Å²) in [7, 11) is 0. The van der Waals surface area contributed by atoms with E-state index in [1.165, 1.54) is 6.33 Å². The van der Waals surface area contributed by atoms with Gasteiger partial charge in [-0.1, -0.05) is 23.9 Å². The number of benzene rings is 2. The van der Waals surface area contributed by atoms with Crippen LogP contribution in [0.4, 0.5) is 5.69 Å². The second kappa shape index (κ2) is 9.19. The van der Waals surface area contributed by atoms with Gasteiger partial charge in [-0.05, 0) is 54.4 Å². The van der Waals surface area contributed by atoms with Crippen LogP contribution in [-0.4, -0.2) is 31.1 Å². The second-order valence-corrected chi connectivity index (χ2v) is 7.30. The minimum Gasteiger partial charge on any atom is -0.424 e. The van der Waals surface area contributed by atoms with E-state index in [0.717, 1.165) is 22.0 Å². The molecule has 0 aliphatic carbocycles. The smallest absolute Gasteiger partial charge is 0.321 e. The van der Waals surface area contributed by atoms with E-state index in [-0.39, 0.29) is 11.9 Å². The summed E-state index contributed by atoms with van der Waals surface area (Å²) in [4.78, 5) is 24.8. The van der Waals surface area contributed by atoms with Gasteiger partial charge in [-0.3, -0.25) is 9.89 Å². The van der Waals surface area contributed by atoms with Gasteiger partial charge >= 0.3 is 6.01 Å². The Hall–Kier alpha value is -3.72. The lowest BCUT2D eigenvalue weighted by Gasteiger charge is -2.11. The van der Waals surface area contributed by atoms with E-state index in [0.29, 0.717) is 17.0 Å². The van der Waals surface area contributed by atoms with Crippen LogP contribution in [0.2, 0.25) is 0 Å². The van der Waals surface area contributed by atoms with Crippen molar-refractivity contribution in [1.82, 2.24) is 25.1 Å². The van der Waals surface area contributed by atoms with Crippen LogP contribution < -0.4 is 10.1 Å². The normalized spacial score (nSPS) is 10.6.